The first-order valence-electron chi connectivity index (χ1n) is 6.14. The van der Waals surface area contributed by atoms with Gasteiger partial charge in [0.2, 0.25) is 0 Å². The molecule has 1 atom stereocenters. The number of aliphatic hydroxyl groups is 1. The van der Waals surface area contributed by atoms with Crippen molar-refractivity contribution in [1.82, 2.24) is 5.32 Å². The van der Waals surface area contributed by atoms with Gasteiger partial charge in [0.25, 0.3) is 0 Å². The predicted molar refractivity (Wildman–Crippen MR) is 68.4 cm³/mol. The Morgan fingerprint density at radius 3 is 2.44 bits per heavy atom. The molecule has 0 aromatic heterocycles. The normalized spacial score (nSPS) is 14.7. The third-order valence-electron chi connectivity index (χ3n) is 3.02. The number of nitrogens with one attached hydrogen (secondary N) is 1. The fourth-order valence-corrected chi connectivity index (χ4v) is 1.79. The molecule has 0 heterocycles. The summed E-state index contributed by atoms with van der Waals surface area (Å²) in [6.45, 7) is 5.33. The minimum Gasteiger partial charge on any atom is -0.394 e. The zero-order chi connectivity index (χ0) is 11.9. The summed E-state index contributed by atoms with van der Waals surface area (Å²) in [7, 11) is 0. The van der Waals surface area contributed by atoms with Gasteiger partial charge in [0.15, 0.2) is 0 Å². The van der Waals surface area contributed by atoms with E-state index >= 15 is 0 Å². The van der Waals surface area contributed by atoms with Gasteiger partial charge in [0, 0.05) is 0 Å². The highest BCUT2D eigenvalue weighted by molar-refractivity contribution is 5.23. The van der Waals surface area contributed by atoms with Crippen molar-refractivity contribution in [2.24, 2.45) is 0 Å². The smallest absolute Gasteiger partial charge is 0.0652 e. The fourth-order valence-electron chi connectivity index (χ4n) is 1.79. The van der Waals surface area contributed by atoms with Gasteiger partial charge in [-0.3, -0.25) is 0 Å². The van der Waals surface area contributed by atoms with Crippen LogP contribution in [0.2, 0.25) is 0 Å². The van der Waals surface area contributed by atoms with Crippen LogP contribution in [0.25, 0.3) is 0 Å². The number of hydrogen-bond acceptors (Lipinski definition) is 2. The van der Waals surface area contributed by atoms with E-state index in [1.54, 1.807) is 0 Å². The van der Waals surface area contributed by atoms with Crippen LogP contribution < -0.4 is 5.32 Å². The Hall–Kier alpha value is -0.860. The van der Waals surface area contributed by atoms with Crippen molar-refractivity contribution in [3.05, 3.63) is 35.9 Å². The van der Waals surface area contributed by atoms with Crippen molar-refractivity contribution < 1.29 is 5.11 Å². The Bertz CT molecular complexity index is 286. The minimum absolute atomic E-state index is 0.128. The number of unbranched alkanes of at least 4 members (excludes halogenated alkanes) is 2. The van der Waals surface area contributed by atoms with Crippen LogP contribution in [0.1, 0.15) is 38.7 Å². The largest absolute Gasteiger partial charge is 0.394 e. The van der Waals surface area contributed by atoms with Crippen LogP contribution in [0.3, 0.4) is 0 Å². The second-order valence-corrected chi connectivity index (χ2v) is 4.49. The average Bonchev–Trinajstić information content (AvgIpc) is 2.35. The monoisotopic (exact) mass is 221 g/mol. The molecule has 1 unspecified atom stereocenters. The molecule has 0 aliphatic heterocycles. The Kier molecular flexibility index (Phi) is 5.50. The zero-order valence-corrected chi connectivity index (χ0v) is 10.4. The molecule has 0 aliphatic carbocycles. The van der Waals surface area contributed by atoms with Gasteiger partial charge in [-0.1, -0.05) is 50.1 Å². The van der Waals surface area contributed by atoms with Gasteiger partial charge in [-0.25, -0.2) is 0 Å². The molecule has 1 aromatic rings. The SMILES string of the molecule is CCCCCNC(C)(CO)c1ccccc1. The van der Waals surface area contributed by atoms with E-state index in [1.165, 1.54) is 19.3 Å². The molecular weight excluding hydrogens is 198 g/mol. The number of benzene rings is 1. The highest BCUT2D eigenvalue weighted by atomic mass is 16.3. The van der Waals surface area contributed by atoms with Crippen molar-refractivity contribution in [3.63, 3.8) is 0 Å². The predicted octanol–water partition coefficient (Wildman–Crippen LogP) is 2.67. The lowest BCUT2D eigenvalue weighted by Crippen LogP contribution is -2.43. The Labute approximate surface area is 98.7 Å². The summed E-state index contributed by atoms with van der Waals surface area (Å²) >= 11 is 0. The second kappa shape index (κ2) is 6.66. The molecule has 2 N–H and O–H groups in total. The van der Waals surface area contributed by atoms with Crippen LogP contribution in [0.5, 0.6) is 0 Å². The lowest BCUT2D eigenvalue weighted by Gasteiger charge is -2.29. The molecule has 0 amide bonds. The molecule has 0 bridgehead atoms. The molecular formula is C14H23NO. The van der Waals surface area contributed by atoms with Crippen molar-refractivity contribution in [3.8, 4) is 0 Å². The molecule has 0 aliphatic rings. The minimum atomic E-state index is -0.311. The van der Waals surface area contributed by atoms with E-state index in [0.29, 0.717) is 0 Å². The fraction of sp³-hybridized carbons (Fsp3) is 0.571. The van der Waals surface area contributed by atoms with Crippen LogP contribution in [0, 0.1) is 0 Å². The maximum atomic E-state index is 9.53. The molecule has 0 saturated heterocycles. The zero-order valence-electron chi connectivity index (χ0n) is 10.4. The molecule has 0 fully saturated rings. The van der Waals surface area contributed by atoms with Crippen molar-refractivity contribution >= 4 is 0 Å². The molecule has 90 valence electrons. The number of aliphatic hydroxyl groups excluding tert-OH is 1. The van der Waals surface area contributed by atoms with Gasteiger partial charge < -0.3 is 10.4 Å². The highest BCUT2D eigenvalue weighted by Crippen LogP contribution is 2.19. The lowest BCUT2D eigenvalue weighted by molar-refractivity contribution is 0.174. The van der Waals surface area contributed by atoms with E-state index in [0.717, 1.165) is 12.1 Å². The van der Waals surface area contributed by atoms with E-state index in [2.05, 4.69) is 24.4 Å². The molecule has 1 aromatic carbocycles. The van der Waals surface area contributed by atoms with Gasteiger partial charge in [0.1, 0.15) is 0 Å². The molecule has 2 heteroatoms. The highest BCUT2D eigenvalue weighted by Gasteiger charge is 2.24. The molecule has 1 rings (SSSR count). The summed E-state index contributed by atoms with van der Waals surface area (Å²) < 4.78 is 0. The molecule has 0 saturated carbocycles. The van der Waals surface area contributed by atoms with Crippen LogP contribution in [-0.2, 0) is 5.54 Å². The third kappa shape index (κ3) is 3.62. The molecule has 2 nitrogen and oxygen atoms in total. The van der Waals surface area contributed by atoms with Crippen LogP contribution in [0.4, 0.5) is 0 Å². The summed E-state index contributed by atoms with van der Waals surface area (Å²) in [6.07, 6.45) is 3.63. The summed E-state index contributed by atoms with van der Waals surface area (Å²) in [5, 5.41) is 13.0. The molecule has 0 radical (unpaired) electrons. The quantitative estimate of drug-likeness (QED) is 0.694. The van der Waals surface area contributed by atoms with Gasteiger partial charge in [-0.15, -0.1) is 0 Å². The summed E-state index contributed by atoms with van der Waals surface area (Å²) in [6, 6.07) is 10.1. The van der Waals surface area contributed by atoms with E-state index in [1.807, 2.05) is 25.1 Å². The topological polar surface area (TPSA) is 32.3 Å². The Balaban J connectivity index is 2.56. The van der Waals surface area contributed by atoms with Crippen LogP contribution in [0.15, 0.2) is 30.3 Å². The van der Waals surface area contributed by atoms with Gasteiger partial charge in [-0.2, -0.15) is 0 Å². The standard InChI is InChI=1S/C14H23NO/c1-3-4-8-11-15-14(2,12-16)13-9-6-5-7-10-13/h5-7,9-10,15-16H,3-4,8,11-12H2,1-2H3. The van der Waals surface area contributed by atoms with E-state index < -0.39 is 0 Å². The van der Waals surface area contributed by atoms with E-state index in [9.17, 15) is 5.11 Å². The number of rotatable bonds is 7. The van der Waals surface area contributed by atoms with Crippen LogP contribution >= 0.6 is 0 Å². The van der Waals surface area contributed by atoms with Gasteiger partial charge in [0.05, 0.1) is 12.1 Å². The molecule has 0 spiro atoms. The van der Waals surface area contributed by atoms with E-state index in [4.69, 9.17) is 0 Å². The summed E-state index contributed by atoms with van der Waals surface area (Å²) in [5.74, 6) is 0. The summed E-state index contributed by atoms with van der Waals surface area (Å²) in [5.41, 5.74) is 0.837. The van der Waals surface area contributed by atoms with E-state index in [-0.39, 0.29) is 12.1 Å². The first kappa shape index (κ1) is 13.2. The molecule has 16 heavy (non-hydrogen) atoms. The first-order valence-corrected chi connectivity index (χ1v) is 6.14. The van der Waals surface area contributed by atoms with Crippen molar-refractivity contribution in [2.75, 3.05) is 13.2 Å². The van der Waals surface area contributed by atoms with Crippen LogP contribution in [-0.4, -0.2) is 18.3 Å². The summed E-state index contributed by atoms with van der Waals surface area (Å²) in [4.78, 5) is 0. The van der Waals surface area contributed by atoms with Gasteiger partial charge >= 0.3 is 0 Å². The second-order valence-electron chi connectivity index (χ2n) is 4.49. The first-order chi connectivity index (χ1) is 7.73. The van der Waals surface area contributed by atoms with Gasteiger partial charge in [-0.05, 0) is 25.5 Å². The Morgan fingerprint density at radius 1 is 1.19 bits per heavy atom. The maximum Gasteiger partial charge on any atom is 0.0652 e. The lowest BCUT2D eigenvalue weighted by atomic mass is 9.93. The average molecular weight is 221 g/mol. The third-order valence-corrected chi connectivity index (χ3v) is 3.02. The maximum absolute atomic E-state index is 9.53. The van der Waals surface area contributed by atoms with Crippen molar-refractivity contribution in [2.45, 2.75) is 38.6 Å². The number of hydrogen-bond donors (Lipinski definition) is 2. The Morgan fingerprint density at radius 2 is 1.88 bits per heavy atom. The van der Waals surface area contributed by atoms with Crippen molar-refractivity contribution in [1.29, 1.82) is 0 Å².